The van der Waals surface area contributed by atoms with Crippen molar-refractivity contribution in [2.24, 2.45) is 5.73 Å². The molecule has 1 aliphatic rings. The Morgan fingerprint density at radius 2 is 1.62 bits per heavy atom. The van der Waals surface area contributed by atoms with Crippen LogP contribution in [0.25, 0.3) is 0 Å². The lowest BCUT2D eigenvalue weighted by atomic mass is 10.2. The lowest BCUT2D eigenvalue weighted by Crippen LogP contribution is -2.29. The maximum absolute atomic E-state index is 12.4. The standard InChI is InChI=1S/C5H10FN.ClH/c6-5(7)3-1-2-4-5;/h1-4,7H2;1H. The Morgan fingerprint density at radius 1 is 1.25 bits per heavy atom. The molecule has 1 fully saturated rings. The van der Waals surface area contributed by atoms with E-state index in [0.717, 1.165) is 12.8 Å². The zero-order valence-electron chi connectivity index (χ0n) is 4.69. The summed E-state index contributed by atoms with van der Waals surface area (Å²) in [5.41, 5.74) is 5.11. The molecule has 1 nitrogen and oxygen atoms in total. The summed E-state index contributed by atoms with van der Waals surface area (Å²) in [6.07, 6.45) is 3.06. The highest BCUT2D eigenvalue weighted by molar-refractivity contribution is 5.85. The van der Waals surface area contributed by atoms with Gasteiger partial charge in [0.25, 0.3) is 0 Å². The van der Waals surface area contributed by atoms with E-state index >= 15 is 0 Å². The van der Waals surface area contributed by atoms with Gasteiger partial charge in [-0.15, -0.1) is 12.4 Å². The Kier molecular flexibility index (Phi) is 2.71. The van der Waals surface area contributed by atoms with Gasteiger partial charge in [-0.2, -0.15) is 0 Å². The molecule has 0 unspecified atom stereocenters. The van der Waals surface area contributed by atoms with Crippen molar-refractivity contribution in [3.8, 4) is 0 Å². The third-order valence-corrected chi connectivity index (χ3v) is 1.43. The van der Waals surface area contributed by atoms with E-state index in [-0.39, 0.29) is 12.4 Å². The zero-order valence-corrected chi connectivity index (χ0v) is 5.51. The van der Waals surface area contributed by atoms with Gasteiger partial charge < -0.3 is 0 Å². The normalized spacial score (nSPS) is 24.8. The van der Waals surface area contributed by atoms with Gasteiger partial charge in [-0.25, -0.2) is 4.39 Å². The second-order valence-electron chi connectivity index (χ2n) is 2.24. The first-order chi connectivity index (χ1) is 3.21. The van der Waals surface area contributed by atoms with Gasteiger partial charge in [-0.3, -0.25) is 5.73 Å². The summed E-state index contributed by atoms with van der Waals surface area (Å²) in [5.74, 6) is -1.31. The van der Waals surface area contributed by atoms with Crippen molar-refractivity contribution in [2.45, 2.75) is 31.5 Å². The van der Waals surface area contributed by atoms with Crippen LogP contribution in [0.15, 0.2) is 0 Å². The van der Waals surface area contributed by atoms with E-state index in [0.29, 0.717) is 12.8 Å². The molecule has 0 amide bonds. The highest BCUT2D eigenvalue weighted by Crippen LogP contribution is 2.27. The van der Waals surface area contributed by atoms with Crippen molar-refractivity contribution in [3.63, 3.8) is 0 Å². The molecule has 0 radical (unpaired) electrons. The first kappa shape index (κ1) is 8.18. The summed E-state index contributed by atoms with van der Waals surface area (Å²) in [6.45, 7) is 0. The SMILES string of the molecule is Cl.NC1(F)CCCC1. The smallest absolute Gasteiger partial charge is 0.159 e. The van der Waals surface area contributed by atoms with Gasteiger partial charge >= 0.3 is 0 Å². The van der Waals surface area contributed by atoms with Crippen molar-refractivity contribution < 1.29 is 4.39 Å². The maximum Gasteiger partial charge on any atom is 0.159 e. The van der Waals surface area contributed by atoms with Crippen LogP contribution in [0.3, 0.4) is 0 Å². The summed E-state index contributed by atoms with van der Waals surface area (Å²) in [7, 11) is 0. The van der Waals surface area contributed by atoms with Gasteiger partial charge in [-0.05, 0) is 25.7 Å². The van der Waals surface area contributed by atoms with Crippen LogP contribution in [-0.4, -0.2) is 5.79 Å². The number of nitrogens with two attached hydrogens (primary N) is 1. The van der Waals surface area contributed by atoms with Gasteiger partial charge in [0.2, 0.25) is 0 Å². The molecule has 0 aromatic heterocycles. The molecule has 1 saturated carbocycles. The molecule has 0 aromatic carbocycles. The molecule has 0 aromatic rings. The third kappa shape index (κ3) is 1.97. The second kappa shape index (κ2) is 2.65. The molecule has 8 heavy (non-hydrogen) atoms. The average molecular weight is 140 g/mol. The van der Waals surface area contributed by atoms with Gasteiger partial charge in [0.05, 0.1) is 0 Å². The number of hydrogen-bond acceptors (Lipinski definition) is 1. The van der Waals surface area contributed by atoms with Crippen LogP contribution in [0.2, 0.25) is 0 Å². The molecule has 0 bridgehead atoms. The molecule has 0 heterocycles. The first-order valence-electron chi connectivity index (χ1n) is 2.68. The van der Waals surface area contributed by atoms with E-state index in [4.69, 9.17) is 5.73 Å². The highest BCUT2D eigenvalue weighted by Gasteiger charge is 2.27. The quantitative estimate of drug-likeness (QED) is 0.507. The number of alkyl halides is 1. The van der Waals surface area contributed by atoms with Crippen LogP contribution < -0.4 is 5.73 Å². The summed E-state index contributed by atoms with van der Waals surface area (Å²) < 4.78 is 12.4. The Morgan fingerprint density at radius 3 is 1.75 bits per heavy atom. The van der Waals surface area contributed by atoms with Crippen molar-refractivity contribution >= 4 is 12.4 Å². The number of rotatable bonds is 0. The molecule has 0 aliphatic heterocycles. The van der Waals surface area contributed by atoms with Crippen molar-refractivity contribution in [1.82, 2.24) is 0 Å². The zero-order chi connectivity index (χ0) is 5.33. The second-order valence-corrected chi connectivity index (χ2v) is 2.24. The van der Waals surface area contributed by atoms with E-state index < -0.39 is 5.79 Å². The van der Waals surface area contributed by atoms with Crippen molar-refractivity contribution in [1.29, 1.82) is 0 Å². The van der Waals surface area contributed by atoms with E-state index in [1.807, 2.05) is 0 Å². The largest absolute Gasteiger partial charge is 0.299 e. The predicted molar refractivity (Wildman–Crippen MR) is 33.7 cm³/mol. The Balaban J connectivity index is 0.000000490. The fraction of sp³-hybridized carbons (Fsp3) is 1.00. The molecule has 1 rings (SSSR count). The Hall–Kier alpha value is 0.180. The highest BCUT2D eigenvalue weighted by atomic mass is 35.5. The number of hydrogen-bond donors (Lipinski definition) is 1. The predicted octanol–water partition coefficient (Wildman–Crippen LogP) is 1.61. The summed E-state index contributed by atoms with van der Waals surface area (Å²) in [5, 5.41) is 0. The molecule has 0 saturated heterocycles. The monoisotopic (exact) mass is 139 g/mol. The van der Waals surface area contributed by atoms with Crippen LogP contribution in [0.5, 0.6) is 0 Å². The molecule has 0 spiro atoms. The van der Waals surface area contributed by atoms with E-state index in [9.17, 15) is 4.39 Å². The molecular weight excluding hydrogens is 129 g/mol. The summed E-state index contributed by atoms with van der Waals surface area (Å²) >= 11 is 0. The van der Waals surface area contributed by atoms with Crippen LogP contribution in [0.4, 0.5) is 4.39 Å². The van der Waals surface area contributed by atoms with Gasteiger partial charge in [0.1, 0.15) is 0 Å². The third-order valence-electron chi connectivity index (χ3n) is 1.43. The van der Waals surface area contributed by atoms with Crippen LogP contribution in [0.1, 0.15) is 25.7 Å². The van der Waals surface area contributed by atoms with Crippen LogP contribution >= 0.6 is 12.4 Å². The minimum Gasteiger partial charge on any atom is -0.299 e. The van der Waals surface area contributed by atoms with E-state index in [2.05, 4.69) is 0 Å². The molecular formula is C5H11ClFN. The molecule has 1 aliphatic carbocycles. The van der Waals surface area contributed by atoms with Crippen molar-refractivity contribution in [3.05, 3.63) is 0 Å². The topological polar surface area (TPSA) is 26.0 Å². The lowest BCUT2D eigenvalue weighted by Gasteiger charge is -2.08. The maximum atomic E-state index is 12.4. The van der Waals surface area contributed by atoms with Crippen molar-refractivity contribution in [2.75, 3.05) is 0 Å². The van der Waals surface area contributed by atoms with Gasteiger partial charge in [-0.1, -0.05) is 0 Å². The van der Waals surface area contributed by atoms with Crippen LogP contribution in [0, 0.1) is 0 Å². The molecule has 0 atom stereocenters. The fourth-order valence-corrected chi connectivity index (χ4v) is 0.963. The number of halogens is 2. The lowest BCUT2D eigenvalue weighted by molar-refractivity contribution is 0.183. The minimum atomic E-state index is -1.31. The Labute approximate surface area is 54.9 Å². The summed E-state index contributed by atoms with van der Waals surface area (Å²) in [4.78, 5) is 0. The van der Waals surface area contributed by atoms with E-state index in [1.165, 1.54) is 0 Å². The molecule has 2 N–H and O–H groups in total. The molecule has 3 heteroatoms. The van der Waals surface area contributed by atoms with Crippen LogP contribution in [-0.2, 0) is 0 Å². The van der Waals surface area contributed by atoms with Gasteiger partial charge in [0.15, 0.2) is 5.79 Å². The Bertz CT molecular complexity index is 66.8. The minimum absolute atomic E-state index is 0. The van der Waals surface area contributed by atoms with Gasteiger partial charge in [0, 0.05) is 0 Å². The average Bonchev–Trinajstić information content (AvgIpc) is 1.84. The van der Waals surface area contributed by atoms with E-state index in [1.54, 1.807) is 0 Å². The fourth-order valence-electron chi connectivity index (χ4n) is 0.963. The summed E-state index contributed by atoms with van der Waals surface area (Å²) in [6, 6.07) is 0. The first-order valence-corrected chi connectivity index (χ1v) is 2.68. The molecule has 50 valence electrons.